The number of carboxylic acid groups (broad SMARTS) is 1. The predicted molar refractivity (Wildman–Crippen MR) is 64.6 cm³/mol. The summed E-state index contributed by atoms with van der Waals surface area (Å²) in [5.74, 6) is -1.38. The van der Waals surface area contributed by atoms with Crippen LogP contribution >= 0.6 is 0 Å². The Bertz CT molecular complexity index is 439. The van der Waals surface area contributed by atoms with Gasteiger partial charge in [-0.2, -0.15) is 0 Å². The molecule has 0 atom stereocenters. The van der Waals surface area contributed by atoms with Crippen molar-refractivity contribution in [3.05, 3.63) is 23.8 Å². The molecule has 0 spiro atoms. The van der Waals surface area contributed by atoms with Gasteiger partial charge in [0.15, 0.2) is 11.5 Å². The topological polar surface area (TPSA) is 94.8 Å². The first-order valence-corrected chi connectivity index (χ1v) is 5.73. The molecule has 1 aromatic rings. The van der Waals surface area contributed by atoms with Crippen molar-refractivity contribution < 1.29 is 24.9 Å². The summed E-state index contributed by atoms with van der Waals surface area (Å²) in [7, 11) is 0. The second kappa shape index (κ2) is 6.64. The molecule has 0 saturated carbocycles. The van der Waals surface area contributed by atoms with E-state index in [4.69, 9.17) is 10.2 Å². The number of aromatic hydroxyl groups is 2. The standard InChI is InChI=1S/C13H16O5/c14-10(5-7-13(17)18)3-1-2-9-4-6-11(15)12(16)8-9/h4,6,8,15-16H,1-3,5,7H2,(H,17,18). The molecule has 0 aromatic heterocycles. The Balaban J connectivity index is 2.30. The molecule has 0 fully saturated rings. The number of Topliss-reactive ketones (excluding diaryl/α,β-unsaturated/α-hetero) is 1. The lowest BCUT2D eigenvalue weighted by atomic mass is 10.0. The fourth-order valence-corrected chi connectivity index (χ4v) is 1.59. The van der Waals surface area contributed by atoms with E-state index in [1.54, 1.807) is 6.07 Å². The largest absolute Gasteiger partial charge is 0.504 e. The molecule has 0 saturated heterocycles. The van der Waals surface area contributed by atoms with Crippen LogP contribution in [0.15, 0.2) is 18.2 Å². The van der Waals surface area contributed by atoms with Gasteiger partial charge in [-0.15, -0.1) is 0 Å². The summed E-state index contributed by atoms with van der Waals surface area (Å²) in [6.07, 6.45) is 1.47. The summed E-state index contributed by atoms with van der Waals surface area (Å²) < 4.78 is 0. The zero-order valence-corrected chi connectivity index (χ0v) is 9.93. The number of hydrogen-bond acceptors (Lipinski definition) is 4. The maximum atomic E-state index is 11.3. The van der Waals surface area contributed by atoms with Crippen molar-refractivity contribution >= 4 is 11.8 Å². The van der Waals surface area contributed by atoms with Gasteiger partial charge in [0.25, 0.3) is 0 Å². The minimum absolute atomic E-state index is 0.0656. The van der Waals surface area contributed by atoms with Gasteiger partial charge in [-0.05, 0) is 30.5 Å². The first-order valence-electron chi connectivity index (χ1n) is 5.73. The Kier molecular flexibility index (Phi) is 5.17. The summed E-state index contributed by atoms with van der Waals surface area (Å²) in [4.78, 5) is 21.6. The van der Waals surface area contributed by atoms with Crippen molar-refractivity contribution in [1.29, 1.82) is 0 Å². The van der Waals surface area contributed by atoms with Crippen molar-refractivity contribution in [1.82, 2.24) is 0 Å². The van der Waals surface area contributed by atoms with E-state index >= 15 is 0 Å². The van der Waals surface area contributed by atoms with Crippen molar-refractivity contribution in [3.8, 4) is 11.5 Å². The predicted octanol–water partition coefficient (Wildman–Crippen LogP) is 1.85. The van der Waals surface area contributed by atoms with Gasteiger partial charge in [0.2, 0.25) is 0 Å². The lowest BCUT2D eigenvalue weighted by Crippen LogP contribution is -2.03. The number of ketones is 1. The molecule has 0 aliphatic rings. The Hall–Kier alpha value is -2.04. The van der Waals surface area contributed by atoms with Gasteiger partial charge in [0.1, 0.15) is 5.78 Å². The van der Waals surface area contributed by atoms with Crippen LogP contribution in [0.5, 0.6) is 11.5 Å². The smallest absolute Gasteiger partial charge is 0.303 e. The molecule has 1 aromatic carbocycles. The summed E-state index contributed by atoms with van der Waals surface area (Å²) in [5.41, 5.74) is 0.830. The number of carbonyl (C=O) groups excluding carboxylic acids is 1. The molecule has 0 amide bonds. The first kappa shape index (κ1) is 14.0. The highest BCUT2D eigenvalue weighted by Crippen LogP contribution is 2.25. The minimum Gasteiger partial charge on any atom is -0.504 e. The van der Waals surface area contributed by atoms with Crippen LogP contribution in [0, 0.1) is 0 Å². The van der Waals surface area contributed by atoms with Crippen molar-refractivity contribution in [3.63, 3.8) is 0 Å². The number of rotatable bonds is 7. The molecule has 98 valence electrons. The second-order valence-electron chi connectivity index (χ2n) is 4.11. The number of carbonyl (C=O) groups is 2. The van der Waals surface area contributed by atoms with Crippen molar-refractivity contribution in [2.75, 3.05) is 0 Å². The highest BCUT2D eigenvalue weighted by Gasteiger charge is 2.06. The van der Waals surface area contributed by atoms with E-state index < -0.39 is 5.97 Å². The van der Waals surface area contributed by atoms with Gasteiger partial charge in [-0.3, -0.25) is 9.59 Å². The maximum absolute atomic E-state index is 11.3. The minimum atomic E-state index is -0.966. The van der Waals surface area contributed by atoms with Gasteiger partial charge >= 0.3 is 5.97 Å². The van der Waals surface area contributed by atoms with Gasteiger partial charge in [0, 0.05) is 12.8 Å². The molecule has 0 aliphatic heterocycles. The number of phenolic OH excluding ortho intramolecular Hbond substituents is 2. The van der Waals surface area contributed by atoms with Crippen LogP contribution < -0.4 is 0 Å². The third-order valence-corrected chi connectivity index (χ3v) is 2.58. The van der Waals surface area contributed by atoms with E-state index in [1.807, 2.05) is 0 Å². The molecule has 0 bridgehead atoms. The fourth-order valence-electron chi connectivity index (χ4n) is 1.59. The van der Waals surface area contributed by atoms with Crippen LogP contribution in [0.3, 0.4) is 0 Å². The molecule has 3 N–H and O–H groups in total. The zero-order valence-electron chi connectivity index (χ0n) is 9.93. The Morgan fingerprint density at radius 1 is 1.00 bits per heavy atom. The molecule has 18 heavy (non-hydrogen) atoms. The summed E-state index contributed by atoms with van der Waals surface area (Å²) >= 11 is 0. The van der Waals surface area contributed by atoms with Crippen molar-refractivity contribution in [2.24, 2.45) is 0 Å². The number of phenols is 2. The lowest BCUT2D eigenvalue weighted by Gasteiger charge is -2.03. The van der Waals surface area contributed by atoms with Crippen LogP contribution in [-0.4, -0.2) is 27.1 Å². The SMILES string of the molecule is O=C(O)CCC(=O)CCCc1ccc(O)c(O)c1. The van der Waals surface area contributed by atoms with Crippen LogP contribution in [0.2, 0.25) is 0 Å². The average Bonchev–Trinajstić information content (AvgIpc) is 2.31. The van der Waals surface area contributed by atoms with Crippen LogP contribution in [0.4, 0.5) is 0 Å². The Morgan fingerprint density at radius 3 is 2.33 bits per heavy atom. The Morgan fingerprint density at radius 2 is 1.72 bits per heavy atom. The van der Waals surface area contributed by atoms with Crippen LogP contribution in [0.1, 0.15) is 31.2 Å². The Labute approximate surface area is 105 Å². The fraction of sp³-hybridized carbons (Fsp3) is 0.385. The van der Waals surface area contributed by atoms with Crippen LogP contribution in [0.25, 0.3) is 0 Å². The molecule has 0 unspecified atom stereocenters. The summed E-state index contributed by atoms with van der Waals surface area (Å²) in [5, 5.41) is 26.8. The van der Waals surface area contributed by atoms with E-state index in [9.17, 15) is 14.7 Å². The van der Waals surface area contributed by atoms with Crippen LogP contribution in [-0.2, 0) is 16.0 Å². The molecule has 1 rings (SSSR count). The van der Waals surface area contributed by atoms with Gasteiger partial charge in [0.05, 0.1) is 6.42 Å². The number of carboxylic acids is 1. The number of hydrogen-bond donors (Lipinski definition) is 3. The molecule has 5 heteroatoms. The van der Waals surface area contributed by atoms with Crippen molar-refractivity contribution in [2.45, 2.75) is 32.1 Å². The third-order valence-electron chi connectivity index (χ3n) is 2.58. The van der Waals surface area contributed by atoms with Gasteiger partial charge in [-0.1, -0.05) is 6.07 Å². The molecular weight excluding hydrogens is 236 g/mol. The maximum Gasteiger partial charge on any atom is 0.303 e. The highest BCUT2D eigenvalue weighted by molar-refractivity contribution is 5.82. The third kappa shape index (κ3) is 4.86. The highest BCUT2D eigenvalue weighted by atomic mass is 16.4. The normalized spacial score (nSPS) is 10.2. The molecule has 0 aliphatic carbocycles. The molecular formula is C13H16O5. The quantitative estimate of drug-likeness (QED) is 0.644. The number of aryl methyl sites for hydroxylation is 1. The summed E-state index contributed by atoms with van der Waals surface area (Å²) in [6, 6.07) is 4.53. The zero-order chi connectivity index (χ0) is 13.5. The van der Waals surface area contributed by atoms with Gasteiger partial charge < -0.3 is 15.3 Å². The van der Waals surface area contributed by atoms with E-state index in [-0.39, 0.29) is 30.1 Å². The second-order valence-corrected chi connectivity index (χ2v) is 4.11. The van der Waals surface area contributed by atoms with E-state index in [0.29, 0.717) is 19.3 Å². The van der Waals surface area contributed by atoms with E-state index in [0.717, 1.165) is 5.56 Å². The monoisotopic (exact) mass is 252 g/mol. The van der Waals surface area contributed by atoms with E-state index in [2.05, 4.69) is 0 Å². The average molecular weight is 252 g/mol. The van der Waals surface area contributed by atoms with E-state index in [1.165, 1.54) is 12.1 Å². The number of benzene rings is 1. The lowest BCUT2D eigenvalue weighted by molar-refractivity contribution is -0.138. The molecule has 5 nitrogen and oxygen atoms in total. The molecule has 0 radical (unpaired) electrons. The van der Waals surface area contributed by atoms with Gasteiger partial charge in [-0.25, -0.2) is 0 Å². The number of aliphatic carboxylic acids is 1. The summed E-state index contributed by atoms with van der Waals surface area (Å²) in [6.45, 7) is 0. The first-order chi connectivity index (χ1) is 8.49. The molecule has 0 heterocycles.